The van der Waals surface area contributed by atoms with Crippen LogP contribution in [0.15, 0.2) is 0 Å². The molecule has 0 aliphatic heterocycles. The molecule has 0 spiro atoms. The molecular weight excluding hydrogens is 326 g/mol. The van der Waals surface area contributed by atoms with Crippen LogP contribution in [0.4, 0.5) is 0 Å². The number of aldehydes is 1. The second kappa shape index (κ2) is 19.8. The second-order valence-corrected chi connectivity index (χ2v) is 6.33. The smallest absolute Gasteiger partial charge is 0.151 e. The lowest BCUT2D eigenvalue weighted by molar-refractivity contribution is -0.136. The maximum atomic E-state index is 9.90. The summed E-state index contributed by atoms with van der Waals surface area (Å²) in [5, 5.41) is 43.5. The predicted molar refractivity (Wildman–Crippen MR) is 98.1 cm³/mol. The molecule has 0 saturated heterocycles. The molecule has 4 atom stereocenters. The first kappa shape index (κ1) is 26.7. The van der Waals surface area contributed by atoms with Gasteiger partial charge in [-0.15, -0.1) is 0 Å². The first-order valence-corrected chi connectivity index (χ1v) is 9.44. The van der Waals surface area contributed by atoms with E-state index in [0.29, 0.717) is 0 Å². The number of hydrogen-bond donors (Lipinski definition) is 6. The number of rotatable bonds is 15. The number of hydrogen-bond acceptors (Lipinski definition) is 7. The molecule has 0 aromatic carbocycles. The number of carbonyl (C=O) groups is 1. The lowest BCUT2D eigenvalue weighted by Gasteiger charge is -2.22. The van der Waals surface area contributed by atoms with Crippen molar-refractivity contribution in [2.24, 2.45) is 5.73 Å². The number of nitrogens with two attached hydrogens (primary N) is 1. The van der Waals surface area contributed by atoms with Gasteiger partial charge in [0.1, 0.15) is 24.4 Å². The van der Waals surface area contributed by atoms with Gasteiger partial charge in [0.25, 0.3) is 0 Å². The highest BCUT2D eigenvalue weighted by Crippen LogP contribution is 2.09. The fourth-order valence-electron chi connectivity index (χ4n) is 2.25. The minimum absolute atomic E-state index is 0.0258. The third-order valence-corrected chi connectivity index (χ3v) is 3.98. The van der Waals surface area contributed by atoms with Gasteiger partial charge in [0.05, 0.1) is 6.61 Å². The maximum absolute atomic E-state index is 9.90. The van der Waals surface area contributed by atoms with E-state index >= 15 is 0 Å². The topological polar surface area (TPSA) is 144 Å². The van der Waals surface area contributed by atoms with Gasteiger partial charge in [0.15, 0.2) is 6.29 Å². The Labute approximate surface area is 151 Å². The van der Waals surface area contributed by atoms with Crippen LogP contribution < -0.4 is 5.73 Å². The van der Waals surface area contributed by atoms with E-state index in [2.05, 4.69) is 6.92 Å². The molecule has 25 heavy (non-hydrogen) atoms. The summed E-state index contributed by atoms with van der Waals surface area (Å²) in [6, 6.07) is 0. The van der Waals surface area contributed by atoms with Gasteiger partial charge in [-0.3, -0.25) is 0 Å². The molecule has 4 unspecified atom stereocenters. The third-order valence-electron chi connectivity index (χ3n) is 3.98. The van der Waals surface area contributed by atoms with Crippen molar-refractivity contribution in [1.29, 1.82) is 0 Å². The van der Waals surface area contributed by atoms with Crippen LogP contribution in [0.2, 0.25) is 0 Å². The van der Waals surface area contributed by atoms with Crippen LogP contribution >= 0.6 is 0 Å². The van der Waals surface area contributed by atoms with Gasteiger partial charge >= 0.3 is 0 Å². The molecule has 7 nitrogen and oxygen atoms in total. The first-order chi connectivity index (χ1) is 12.0. The van der Waals surface area contributed by atoms with Crippen LogP contribution in [0.1, 0.15) is 71.1 Å². The molecule has 0 rings (SSSR count). The van der Waals surface area contributed by atoms with E-state index < -0.39 is 31.0 Å². The zero-order valence-electron chi connectivity index (χ0n) is 15.6. The van der Waals surface area contributed by atoms with Gasteiger partial charge in [-0.1, -0.05) is 64.7 Å². The highest BCUT2D eigenvalue weighted by Gasteiger charge is 2.29. The second-order valence-electron chi connectivity index (χ2n) is 6.33. The Hall–Kier alpha value is -0.570. The van der Waals surface area contributed by atoms with Gasteiger partial charge in [0.2, 0.25) is 0 Å². The molecule has 0 aromatic heterocycles. The Balaban J connectivity index is 0. The van der Waals surface area contributed by atoms with Crippen LogP contribution in [0.5, 0.6) is 0 Å². The van der Waals surface area contributed by atoms with Gasteiger partial charge < -0.3 is 36.1 Å². The van der Waals surface area contributed by atoms with Crippen molar-refractivity contribution >= 4 is 6.29 Å². The lowest BCUT2D eigenvalue weighted by atomic mass is 10.0. The van der Waals surface area contributed by atoms with Crippen molar-refractivity contribution in [3.63, 3.8) is 0 Å². The maximum Gasteiger partial charge on any atom is 0.151 e. The number of aliphatic hydroxyl groups excluding tert-OH is 5. The van der Waals surface area contributed by atoms with Crippen LogP contribution in [0, 0.1) is 0 Å². The van der Waals surface area contributed by atoms with Crippen LogP contribution in [-0.4, -0.2) is 69.4 Å². The van der Waals surface area contributed by atoms with Crippen molar-refractivity contribution in [2.75, 3.05) is 13.2 Å². The van der Waals surface area contributed by atoms with E-state index in [1.807, 2.05) is 0 Å². The number of unbranched alkanes of at least 4 members (excludes halogenated alkanes) is 9. The zero-order valence-corrected chi connectivity index (χ0v) is 15.6. The average molecular weight is 366 g/mol. The van der Waals surface area contributed by atoms with E-state index in [-0.39, 0.29) is 6.29 Å². The molecule has 0 aliphatic rings. The SMILES string of the molecule is CCCCCCCCCCCCN.O=CC(O)C(O)C(O)C(O)CO. The van der Waals surface area contributed by atoms with Gasteiger partial charge in [-0.25, -0.2) is 0 Å². The van der Waals surface area contributed by atoms with E-state index in [4.69, 9.17) is 31.3 Å². The van der Waals surface area contributed by atoms with Crippen molar-refractivity contribution in [1.82, 2.24) is 0 Å². The Morgan fingerprint density at radius 1 is 0.800 bits per heavy atom. The molecule has 152 valence electrons. The van der Waals surface area contributed by atoms with Gasteiger partial charge in [-0.2, -0.15) is 0 Å². The Morgan fingerprint density at radius 3 is 1.60 bits per heavy atom. The highest BCUT2D eigenvalue weighted by molar-refractivity contribution is 5.56. The fourth-order valence-corrected chi connectivity index (χ4v) is 2.25. The molecule has 0 heterocycles. The number of carbonyl (C=O) groups excluding carboxylic acids is 1. The van der Waals surface area contributed by atoms with Crippen molar-refractivity contribution in [2.45, 2.75) is 95.5 Å². The minimum atomic E-state index is -1.79. The molecule has 0 fully saturated rings. The standard InChI is InChI=1S/C12H27N.C6H12O6/c1-2-3-4-5-6-7-8-9-10-11-12-13;7-1-3(9)5(11)6(12)4(10)2-8/h2-13H2,1H3;1,3-6,8-12H,2H2. The zero-order chi connectivity index (χ0) is 19.5. The first-order valence-electron chi connectivity index (χ1n) is 9.44. The summed E-state index contributed by atoms with van der Waals surface area (Å²) < 4.78 is 0. The molecule has 0 saturated carbocycles. The van der Waals surface area contributed by atoms with E-state index in [0.717, 1.165) is 6.54 Å². The molecule has 0 radical (unpaired) electrons. The van der Waals surface area contributed by atoms with Crippen molar-refractivity contribution in [3.05, 3.63) is 0 Å². The minimum Gasteiger partial charge on any atom is -0.394 e. The Morgan fingerprint density at radius 2 is 1.24 bits per heavy atom. The van der Waals surface area contributed by atoms with Crippen LogP contribution in [-0.2, 0) is 4.79 Å². The molecule has 0 bridgehead atoms. The quantitative estimate of drug-likeness (QED) is 0.183. The van der Waals surface area contributed by atoms with E-state index in [1.165, 1.54) is 64.2 Å². The third kappa shape index (κ3) is 16.6. The van der Waals surface area contributed by atoms with Crippen LogP contribution in [0.25, 0.3) is 0 Å². The largest absolute Gasteiger partial charge is 0.394 e. The summed E-state index contributed by atoms with van der Waals surface area (Å²) in [5.74, 6) is 0. The highest BCUT2D eigenvalue weighted by atomic mass is 16.4. The molecule has 0 amide bonds. The van der Waals surface area contributed by atoms with E-state index in [1.54, 1.807) is 0 Å². The molecule has 0 aromatic rings. The van der Waals surface area contributed by atoms with Crippen molar-refractivity contribution in [3.8, 4) is 0 Å². The average Bonchev–Trinajstić information content (AvgIpc) is 2.64. The predicted octanol–water partition coefficient (Wildman–Crippen LogP) is 0.487. The summed E-state index contributed by atoms with van der Waals surface area (Å²) in [6.07, 6.45) is 7.09. The Bertz CT molecular complexity index is 270. The lowest BCUT2D eigenvalue weighted by Crippen LogP contribution is -2.46. The summed E-state index contributed by atoms with van der Waals surface area (Å²) in [4.78, 5) is 9.90. The normalized spacial score (nSPS) is 15.6. The molecule has 7 N–H and O–H groups in total. The van der Waals surface area contributed by atoms with Crippen LogP contribution in [0.3, 0.4) is 0 Å². The number of aliphatic hydroxyl groups is 5. The summed E-state index contributed by atoms with van der Waals surface area (Å²) in [6.45, 7) is 2.38. The summed E-state index contributed by atoms with van der Waals surface area (Å²) in [5.41, 5.74) is 5.42. The van der Waals surface area contributed by atoms with Crippen molar-refractivity contribution < 1.29 is 30.3 Å². The molecule has 0 aliphatic carbocycles. The molecular formula is C18H39NO6. The van der Waals surface area contributed by atoms with Gasteiger partial charge in [0, 0.05) is 0 Å². The monoisotopic (exact) mass is 365 g/mol. The molecule has 7 heteroatoms. The summed E-state index contributed by atoms with van der Waals surface area (Å²) >= 11 is 0. The summed E-state index contributed by atoms with van der Waals surface area (Å²) in [7, 11) is 0. The van der Waals surface area contributed by atoms with E-state index in [9.17, 15) is 4.79 Å². The fraction of sp³-hybridized carbons (Fsp3) is 0.944. The van der Waals surface area contributed by atoms with Gasteiger partial charge in [-0.05, 0) is 13.0 Å². The Kier molecular flexibility index (Phi) is 21.1.